The van der Waals surface area contributed by atoms with Gasteiger partial charge < -0.3 is 15.5 Å². The Morgan fingerprint density at radius 2 is 1.88 bits per heavy atom. The van der Waals surface area contributed by atoms with Gasteiger partial charge in [-0.1, -0.05) is 0 Å². The van der Waals surface area contributed by atoms with Crippen molar-refractivity contribution >= 4 is 17.7 Å². The van der Waals surface area contributed by atoms with Crippen molar-refractivity contribution in [3.63, 3.8) is 0 Å². The van der Waals surface area contributed by atoms with E-state index in [9.17, 15) is 14.4 Å². The second-order valence-corrected chi connectivity index (χ2v) is 4.46. The third kappa shape index (κ3) is 2.95. The minimum absolute atomic E-state index is 0.00255. The first-order valence-corrected chi connectivity index (χ1v) is 5.99. The molecule has 2 saturated heterocycles. The first-order valence-electron chi connectivity index (χ1n) is 5.99. The molecule has 1 unspecified atom stereocenters. The molecule has 0 spiro atoms. The van der Waals surface area contributed by atoms with Gasteiger partial charge in [-0.15, -0.1) is 0 Å². The van der Waals surface area contributed by atoms with Crippen LogP contribution in [0.25, 0.3) is 0 Å². The van der Waals surface area contributed by atoms with Gasteiger partial charge in [-0.25, -0.2) is 0 Å². The van der Waals surface area contributed by atoms with E-state index in [1.54, 1.807) is 4.90 Å². The normalized spacial score (nSPS) is 25.9. The molecule has 0 aromatic heterocycles. The first-order chi connectivity index (χ1) is 8.16. The molecule has 2 heterocycles. The molecular weight excluding hydrogens is 222 g/mol. The molecule has 17 heavy (non-hydrogen) atoms. The van der Waals surface area contributed by atoms with Gasteiger partial charge >= 0.3 is 0 Å². The Balaban J connectivity index is 1.90. The molecule has 0 aromatic rings. The summed E-state index contributed by atoms with van der Waals surface area (Å²) in [7, 11) is 0. The summed E-state index contributed by atoms with van der Waals surface area (Å²) in [6.45, 7) is 1.99. The average Bonchev–Trinajstić information content (AvgIpc) is 2.54. The van der Waals surface area contributed by atoms with E-state index in [-0.39, 0.29) is 23.6 Å². The number of nitrogens with one attached hydrogen (secondary N) is 2. The van der Waals surface area contributed by atoms with E-state index >= 15 is 0 Å². The summed E-state index contributed by atoms with van der Waals surface area (Å²) in [5, 5.41) is 5.44. The minimum Gasteiger partial charge on any atom is -0.355 e. The topological polar surface area (TPSA) is 78.5 Å². The Kier molecular flexibility index (Phi) is 3.61. The first kappa shape index (κ1) is 11.9. The van der Waals surface area contributed by atoms with Crippen LogP contribution < -0.4 is 10.6 Å². The number of hydrogen-bond acceptors (Lipinski definition) is 3. The fourth-order valence-corrected chi connectivity index (χ4v) is 2.19. The fraction of sp³-hybridized carbons (Fsp3) is 0.727. The van der Waals surface area contributed by atoms with Crippen LogP contribution in [0.15, 0.2) is 0 Å². The van der Waals surface area contributed by atoms with E-state index in [2.05, 4.69) is 10.6 Å². The largest absolute Gasteiger partial charge is 0.355 e. The zero-order chi connectivity index (χ0) is 12.3. The molecule has 2 fully saturated rings. The number of carbonyl (C=O) groups excluding carboxylic acids is 3. The number of hydrogen-bond donors (Lipinski definition) is 2. The lowest BCUT2D eigenvalue weighted by molar-refractivity contribution is -0.137. The van der Waals surface area contributed by atoms with Crippen LogP contribution in [0.4, 0.5) is 0 Å². The Hall–Kier alpha value is -1.59. The van der Waals surface area contributed by atoms with Crippen molar-refractivity contribution in [2.45, 2.75) is 19.3 Å². The van der Waals surface area contributed by atoms with Crippen molar-refractivity contribution in [2.24, 2.45) is 5.92 Å². The lowest BCUT2D eigenvalue weighted by atomic mass is 9.97. The average molecular weight is 239 g/mol. The molecule has 1 atom stereocenters. The molecule has 2 N–H and O–H groups in total. The van der Waals surface area contributed by atoms with Gasteiger partial charge in [0.1, 0.15) is 0 Å². The SMILES string of the molecule is O=C1CCN(C(=O)C2CCC(=O)NC2)CCN1. The van der Waals surface area contributed by atoms with Gasteiger partial charge in [0.2, 0.25) is 17.7 Å². The van der Waals surface area contributed by atoms with Crippen LogP contribution in [-0.2, 0) is 14.4 Å². The smallest absolute Gasteiger partial charge is 0.227 e. The molecule has 6 nitrogen and oxygen atoms in total. The minimum atomic E-state index is -0.124. The highest BCUT2D eigenvalue weighted by Crippen LogP contribution is 2.14. The van der Waals surface area contributed by atoms with Crippen LogP contribution >= 0.6 is 0 Å². The van der Waals surface area contributed by atoms with E-state index in [0.717, 1.165) is 0 Å². The molecule has 2 aliphatic rings. The number of nitrogens with zero attached hydrogens (tertiary/aromatic N) is 1. The summed E-state index contributed by atoms with van der Waals surface area (Å²) in [6.07, 6.45) is 1.40. The predicted molar refractivity (Wildman–Crippen MR) is 59.9 cm³/mol. The molecule has 2 aliphatic heterocycles. The van der Waals surface area contributed by atoms with Gasteiger partial charge in [-0.2, -0.15) is 0 Å². The van der Waals surface area contributed by atoms with E-state index in [1.165, 1.54) is 0 Å². The maximum Gasteiger partial charge on any atom is 0.227 e. The van der Waals surface area contributed by atoms with Gasteiger partial charge in [-0.05, 0) is 6.42 Å². The summed E-state index contributed by atoms with van der Waals surface area (Å²) in [5.74, 6) is -0.0543. The number of amides is 3. The van der Waals surface area contributed by atoms with Crippen LogP contribution in [0.1, 0.15) is 19.3 Å². The molecule has 6 heteroatoms. The van der Waals surface area contributed by atoms with Crippen molar-refractivity contribution < 1.29 is 14.4 Å². The van der Waals surface area contributed by atoms with Gasteiger partial charge in [0, 0.05) is 39.0 Å². The van der Waals surface area contributed by atoms with E-state index in [0.29, 0.717) is 45.4 Å². The Labute approximate surface area is 99.7 Å². The monoisotopic (exact) mass is 239 g/mol. The quantitative estimate of drug-likeness (QED) is 0.607. The number of carbonyl (C=O) groups is 3. The van der Waals surface area contributed by atoms with Crippen LogP contribution in [0.5, 0.6) is 0 Å². The van der Waals surface area contributed by atoms with Crippen molar-refractivity contribution in [2.75, 3.05) is 26.2 Å². The summed E-state index contributed by atoms with van der Waals surface area (Å²) in [6, 6.07) is 0. The van der Waals surface area contributed by atoms with Crippen LogP contribution in [0.2, 0.25) is 0 Å². The fourth-order valence-electron chi connectivity index (χ4n) is 2.19. The molecule has 3 amide bonds. The Morgan fingerprint density at radius 1 is 1.12 bits per heavy atom. The van der Waals surface area contributed by atoms with Crippen LogP contribution in [0, 0.1) is 5.92 Å². The highest BCUT2D eigenvalue weighted by Gasteiger charge is 2.29. The highest BCUT2D eigenvalue weighted by atomic mass is 16.2. The summed E-state index contributed by atoms with van der Waals surface area (Å²) < 4.78 is 0. The van der Waals surface area contributed by atoms with Crippen molar-refractivity contribution in [3.05, 3.63) is 0 Å². The van der Waals surface area contributed by atoms with Crippen LogP contribution in [-0.4, -0.2) is 48.8 Å². The highest BCUT2D eigenvalue weighted by molar-refractivity contribution is 5.84. The molecule has 0 saturated carbocycles. The van der Waals surface area contributed by atoms with Crippen LogP contribution in [0.3, 0.4) is 0 Å². The maximum atomic E-state index is 12.2. The van der Waals surface area contributed by atoms with Crippen molar-refractivity contribution in [1.82, 2.24) is 15.5 Å². The summed E-state index contributed by atoms with van der Waals surface area (Å²) in [5.41, 5.74) is 0. The number of rotatable bonds is 1. The molecule has 0 bridgehead atoms. The van der Waals surface area contributed by atoms with Gasteiger partial charge in [0.25, 0.3) is 0 Å². The predicted octanol–water partition coefficient (Wildman–Crippen LogP) is -1.14. The molecular formula is C11H17N3O3. The van der Waals surface area contributed by atoms with E-state index in [1.807, 2.05) is 0 Å². The van der Waals surface area contributed by atoms with E-state index < -0.39 is 0 Å². The van der Waals surface area contributed by atoms with Gasteiger partial charge in [-0.3, -0.25) is 14.4 Å². The molecule has 0 aliphatic carbocycles. The van der Waals surface area contributed by atoms with Crippen molar-refractivity contribution in [1.29, 1.82) is 0 Å². The second-order valence-electron chi connectivity index (χ2n) is 4.46. The van der Waals surface area contributed by atoms with Crippen molar-refractivity contribution in [3.8, 4) is 0 Å². The maximum absolute atomic E-state index is 12.2. The Morgan fingerprint density at radius 3 is 2.59 bits per heavy atom. The molecule has 0 radical (unpaired) electrons. The van der Waals surface area contributed by atoms with Gasteiger partial charge in [0.15, 0.2) is 0 Å². The third-order valence-corrected chi connectivity index (χ3v) is 3.24. The third-order valence-electron chi connectivity index (χ3n) is 3.24. The standard InChI is InChI=1S/C11H17N3O3/c15-9-2-1-8(7-13-9)11(17)14-5-3-10(16)12-4-6-14/h8H,1-7H2,(H,12,16)(H,13,15). The molecule has 0 aromatic carbocycles. The van der Waals surface area contributed by atoms with Gasteiger partial charge in [0.05, 0.1) is 5.92 Å². The lowest BCUT2D eigenvalue weighted by Gasteiger charge is -2.28. The van der Waals surface area contributed by atoms with E-state index in [4.69, 9.17) is 0 Å². The summed E-state index contributed by atoms with van der Waals surface area (Å²) in [4.78, 5) is 36.1. The lowest BCUT2D eigenvalue weighted by Crippen LogP contribution is -2.45. The summed E-state index contributed by atoms with van der Waals surface area (Å²) >= 11 is 0. The second kappa shape index (κ2) is 5.16. The zero-order valence-electron chi connectivity index (χ0n) is 9.70. The molecule has 94 valence electrons. The zero-order valence-corrected chi connectivity index (χ0v) is 9.70. The number of piperidine rings is 1. The Bertz CT molecular complexity index is 333. The molecule has 2 rings (SSSR count).